The van der Waals surface area contributed by atoms with Crippen LogP contribution in [0.4, 0.5) is 0 Å². The first-order chi connectivity index (χ1) is 9.31. The summed E-state index contributed by atoms with van der Waals surface area (Å²) in [6.45, 7) is 9.93. The van der Waals surface area contributed by atoms with Crippen LogP contribution in [-0.2, 0) is 13.1 Å². The highest BCUT2D eigenvalue weighted by Crippen LogP contribution is 2.20. The lowest BCUT2D eigenvalue weighted by Crippen LogP contribution is -2.21. The number of pyridine rings is 1. The molecule has 106 valence electrons. The molecule has 0 aliphatic carbocycles. The third-order valence-corrected chi connectivity index (χ3v) is 3.93. The van der Waals surface area contributed by atoms with Gasteiger partial charge in [-0.15, -0.1) is 0 Å². The van der Waals surface area contributed by atoms with Crippen molar-refractivity contribution in [1.29, 1.82) is 0 Å². The summed E-state index contributed by atoms with van der Waals surface area (Å²) in [5.41, 5.74) is 2.38. The van der Waals surface area contributed by atoms with Crippen LogP contribution in [-0.4, -0.2) is 29.5 Å². The molecule has 0 radical (unpaired) electrons. The molecule has 1 unspecified atom stereocenters. The van der Waals surface area contributed by atoms with Crippen LogP contribution in [0.2, 0.25) is 0 Å². The third-order valence-electron chi connectivity index (χ3n) is 3.93. The highest BCUT2D eigenvalue weighted by Gasteiger charge is 2.20. The monoisotopic (exact) mass is 261 g/mol. The smallest absolute Gasteiger partial charge is 0.0547 e. The van der Waals surface area contributed by atoms with Crippen LogP contribution < -0.4 is 5.32 Å². The molecule has 1 aliphatic heterocycles. The Morgan fingerprint density at radius 1 is 1.32 bits per heavy atom. The number of nitrogens with one attached hydrogen (secondary N) is 1. The first kappa shape index (κ1) is 14.5. The quantitative estimate of drug-likeness (QED) is 0.765. The fourth-order valence-corrected chi connectivity index (χ4v) is 2.73. The molecule has 19 heavy (non-hydrogen) atoms. The van der Waals surface area contributed by atoms with Crippen molar-refractivity contribution in [3.63, 3.8) is 0 Å². The van der Waals surface area contributed by atoms with Gasteiger partial charge in [0.05, 0.1) is 11.4 Å². The van der Waals surface area contributed by atoms with Gasteiger partial charge in [-0.3, -0.25) is 9.88 Å². The minimum absolute atomic E-state index is 0.888. The molecule has 1 aromatic rings. The van der Waals surface area contributed by atoms with E-state index in [1.807, 2.05) is 0 Å². The van der Waals surface area contributed by atoms with Gasteiger partial charge in [-0.25, -0.2) is 0 Å². The molecule has 0 bridgehead atoms. The molecule has 0 spiro atoms. The molecule has 0 saturated carbocycles. The average molecular weight is 261 g/mol. The van der Waals surface area contributed by atoms with Gasteiger partial charge in [0.1, 0.15) is 0 Å². The van der Waals surface area contributed by atoms with Gasteiger partial charge in [-0.2, -0.15) is 0 Å². The van der Waals surface area contributed by atoms with Crippen LogP contribution in [0.3, 0.4) is 0 Å². The maximum atomic E-state index is 4.75. The normalized spacial score (nSPS) is 20.0. The second-order valence-corrected chi connectivity index (χ2v) is 5.60. The fourth-order valence-electron chi connectivity index (χ4n) is 2.73. The van der Waals surface area contributed by atoms with E-state index in [9.17, 15) is 0 Å². The van der Waals surface area contributed by atoms with Crippen molar-refractivity contribution in [2.24, 2.45) is 5.92 Å². The number of nitrogens with zero attached hydrogens (tertiary/aromatic N) is 2. The summed E-state index contributed by atoms with van der Waals surface area (Å²) >= 11 is 0. The summed E-state index contributed by atoms with van der Waals surface area (Å²) in [5.74, 6) is 0.898. The lowest BCUT2D eigenvalue weighted by molar-refractivity contribution is 0.311. The van der Waals surface area contributed by atoms with Crippen molar-refractivity contribution in [3.8, 4) is 0 Å². The van der Waals surface area contributed by atoms with Gasteiger partial charge in [0, 0.05) is 19.6 Å². The SMILES string of the molecule is CCCNCc1cccc(CN2CCC(CC)C2)n1. The van der Waals surface area contributed by atoms with Crippen LogP contribution >= 0.6 is 0 Å². The van der Waals surface area contributed by atoms with Crippen molar-refractivity contribution < 1.29 is 0 Å². The molecule has 1 atom stereocenters. The van der Waals surface area contributed by atoms with E-state index in [4.69, 9.17) is 4.98 Å². The topological polar surface area (TPSA) is 28.2 Å². The average Bonchev–Trinajstić information content (AvgIpc) is 2.87. The van der Waals surface area contributed by atoms with Gasteiger partial charge < -0.3 is 5.32 Å². The lowest BCUT2D eigenvalue weighted by Gasteiger charge is -2.15. The predicted octanol–water partition coefficient (Wildman–Crippen LogP) is 2.81. The van der Waals surface area contributed by atoms with Crippen LogP contribution in [0.25, 0.3) is 0 Å². The molecule has 0 aromatic carbocycles. The number of hydrogen-bond donors (Lipinski definition) is 1. The molecule has 2 rings (SSSR count). The van der Waals surface area contributed by atoms with Crippen LogP contribution in [0.1, 0.15) is 44.5 Å². The van der Waals surface area contributed by atoms with Crippen molar-refractivity contribution in [2.45, 2.75) is 46.2 Å². The Hall–Kier alpha value is -0.930. The summed E-state index contributed by atoms with van der Waals surface area (Å²) in [7, 11) is 0. The minimum Gasteiger partial charge on any atom is -0.311 e. The van der Waals surface area contributed by atoms with Crippen molar-refractivity contribution >= 4 is 0 Å². The summed E-state index contributed by atoms with van der Waals surface area (Å²) in [5, 5.41) is 3.41. The Balaban J connectivity index is 1.85. The summed E-state index contributed by atoms with van der Waals surface area (Å²) in [4.78, 5) is 7.30. The molecule has 1 saturated heterocycles. The summed E-state index contributed by atoms with van der Waals surface area (Å²) in [6, 6.07) is 6.41. The zero-order valence-electron chi connectivity index (χ0n) is 12.4. The molecule has 2 heterocycles. The van der Waals surface area contributed by atoms with Crippen LogP contribution in [0.5, 0.6) is 0 Å². The summed E-state index contributed by atoms with van der Waals surface area (Å²) < 4.78 is 0. The zero-order valence-corrected chi connectivity index (χ0v) is 12.4. The minimum atomic E-state index is 0.888. The molecular formula is C16H27N3. The maximum absolute atomic E-state index is 4.75. The third kappa shape index (κ3) is 4.59. The highest BCUT2D eigenvalue weighted by atomic mass is 15.1. The highest BCUT2D eigenvalue weighted by molar-refractivity contribution is 5.11. The van der Waals surface area contributed by atoms with E-state index in [0.717, 1.165) is 31.2 Å². The Labute approximate surface area is 117 Å². The molecule has 1 N–H and O–H groups in total. The van der Waals surface area contributed by atoms with Crippen LogP contribution in [0, 0.1) is 5.92 Å². The predicted molar refractivity (Wildman–Crippen MR) is 79.9 cm³/mol. The Morgan fingerprint density at radius 3 is 2.89 bits per heavy atom. The van der Waals surface area contributed by atoms with Gasteiger partial charge in [0.15, 0.2) is 0 Å². The van der Waals surface area contributed by atoms with E-state index in [2.05, 4.69) is 42.3 Å². The van der Waals surface area contributed by atoms with E-state index >= 15 is 0 Å². The van der Waals surface area contributed by atoms with Gasteiger partial charge >= 0.3 is 0 Å². The second kappa shape index (κ2) is 7.61. The molecule has 1 fully saturated rings. The molecule has 1 aromatic heterocycles. The molecule has 0 amide bonds. The Bertz CT molecular complexity index is 378. The Kier molecular flexibility index (Phi) is 5.80. The standard InChI is InChI=1S/C16H27N3/c1-3-9-17-11-15-6-5-7-16(18-15)13-19-10-8-14(4-2)12-19/h5-7,14,17H,3-4,8-13H2,1-2H3. The van der Waals surface area contributed by atoms with Crippen molar-refractivity contribution in [3.05, 3.63) is 29.6 Å². The molecule has 3 heteroatoms. The first-order valence-corrected chi connectivity index (χ1v) is 7.69. The van der Waals surface area contributed by atoms with Gasteiger partial charge in [0.2, 0.25) is 0 Å². The Morgan fingerprint density at radius 2 is 2.16 bits per heavy atom. The first-order valence-electron chi connectivity index (χ1n) is 7.69. The number of likely N-dealkylation sites (tertiary alicyclic amines) is 1. The van der Waals surface area contributed by atoms with E-state index < -0.39 is 0 Å². The maximum Gasteiger partial charge on any atom is 0.0547 e. The van der Waals surface area contributed by atoms with Gasteiger partial charge in [0.25, 0.3) is 0 Å². The van der Waals surface area contributed by atoms with E-state index in [-0.39, 0.29) is 0 Å². The van der Waals surface area contributed by atoms with E-state index in [1.165, 1.54) is 38.0 Å². The second-order valence-electron chi connectivity index (χ2n) is 5.60. The fraction of sp³-hybridized carbons (Fsp3) is 0.688. The lowest BCUT2D eigenvalue weighted by atomic mass is 10.1. The summed E-state index contributed by atoms with van der Waals surface area (Å²) in [6.07, 6.45) is 3.84. The zero-order chi connectivity index (χ0) is 13.5. The molecule has 1 aliphatic rings. The van der Waals surface area contributed by atoms with Gasteiger partial charge in [-0.05, 0) is 44.0 Å². The van der Waals surface area contributed by atoms with E-state index in [0.29, 0.717) is 0 Å². The van der Waals surface area contributed by atoms with Crippen LogP contribution in [0.15, 0.2) is 18.2 Å². The molecular weight excluding hydrogens is 234 g/mol. The van der Waals surface area contributed by atoms with Gasteiger partial charge in [-0.1, -0.05) is 26.3 Å². The number of aromatic nitrogens is 1. The number of hydrogen-bond acceptors (Lipinski definition) is 3. The van der Waals surface area contributed by atoms with E-state index in [1.54, 1.807) is 0 Å². The largest absolute Gasteiger partial charge is 0.311 e. The van der Waals surface area contributed by atoms with Crippen molar-refractivity contribution in [1.82, 2.24) is 15.2 Å². The molecule has 3 nitrogen and oxygen atoms in total. The van der Waals surface area contributed by atoms with Crippen molar-refractivity contribution in [2.75, 3.05) is 19.6 Å². The number of rotatable bonds is 7.